The first kappa shape index (κ1) is 15.0. The zero-order valence-corrected chi connectivity index (χ0v) is 12.5. The molecule has 0 aliphatic carbocycles. The van der Waals surface area contributed by atoms with Gasteiger partial charge in [0.2, 0.25) is 0 Å². The maximum absolute atomic E-state index is 13.0. The minimum absolute atomic E-state index is 0.0115. The lowest BCUT2D eigenvalue weighted by Gasteiger charge is -2.09. The number of nitrogens with two attached hydrogens (primary N) is 1. The Bertz CT molecular complexity index is 664. The lowest BCUT2D eigenvalue weighted by atomic mass is 10.1. The number of hydrogen-bond acceptors (Lipinski definition) is 2. The molecule has 2 aromatic rings. The highest BCUT2D eigenvalue weighted by molar-refractivity contribution is 7.80. The van der Waals surface area contributed by atoms with Gasteiger partial charge < -0.3 is 10.5 Å². The molecule has 0 saturated heterocycles. The fraction of sp³-hybridized carbons (Fsp3) is 0.0714. The van der Waals surface area contributed by atoms with Crippen LogP contribution in [-0.4, -0.2) is 4.99 Å². The van der Waals surface area contributed by atoms with E-state index in [9.17, 15) is 4.39 Å². The Labute approximate surface area is 131 Å². The molecule has 0 unspecified atom stereocenters. The first-order valence-electron chi connectivity index (χ1n) is 5.63. The predicted octanol–water partition coefficient (Wildman–Crippen LogP) is 4.35. The highest BCUT2D eigenvalue weighted by atomic mass is 35.5. The third-order valence-electron chi connectivity index (χ3n) is 2.62. The monoisotopic (exact) mass is 329 g/mol. The Morgan fingerprint density at radius 3 is 2.50 bits per heavy atom. The van der Waals surface area contributed by atoms with Gasteiger partial charge in [0.1, 0.15) is 23.2 Å². The van der Waals surface area contributed by atoms with Gasteiger partial charge in [-0.05, 0) is 18.2 Å². The minimum atomic E-state index is -0.488. The Morgan fingerprint density at radius 2 is 1.90 bits per heavy atom. The SMILES string of the molecule is NC(=S)c1ccc(COc2ccc(F)c(Cl)c2)c(Cl)c1. The van der Waals surface area contributed by atoms with Gasteiger partial charge in [-0.15, -0.1) is 0 Å². The van der Waals surface area contributed by atoms with Crippen molar-refractivity contribution in [2.75, 3.05) is 0 Å². The zero-order valence-electron chi connectivity index (χ0n) is 10.2. The fourth-order valence-electron chi connectivity index (χ4n) is 1.55. The minimum Gasteiger partial charge on any atom is -0.489 e. The summed E-state index contributed by atoms with van der Waals surface area (Å²) in [6.07, 6.45) is 0. The van der Waals surface area contributed by atoms with Crippen LogP contribution in [0.2, 0.25) is 10.0 Å². The molecule has 2 rings (SSSR count). The van der Waals surface area contributed by atoms with Crippen LogP contribution >= 0.6 is 35.4 Å². The Balaban J connectivity index is 2.10. The van der Waals surface area contributed by atoms with Crippen molar-refractivity contribution >= 4 is 40.4 Å². The van der Waals surface area contributed by atoms with Gasteiger partial charge >= 0.3 is 0 Å². The molecule has 2 nitrogen and oxygen atoms in total. The van der Waals surface area contributed by atoms with E-state index in [1.807, 2.05) is 0 Å². The summed E-state index contributed by atoms with van der Waals surface area (Å²) in [5.74, 6) is -0.0243. The quantitative estimate of drug-likeness (QED) is 0.847. The average molecular weight is 330 g/mol. The lowest BCUT2D eigenvalue weighted by Crippen LogP contribution is -2.09. The Kier molecular flexibility index (Phi) is 4.81. The van der Waals surface area contributed by atoms with Crippen molar-refractivity contribution in [3.8, 4) is 5.75 Å². The predicted molar refractivity (Wildman–Crippen MR) is 83.1 cm³/mol. The van der Waals surface area contributed by atoms with E-state index in [0.29, 0.717) is 16.3 Å². The standard InChI is InChI=1S/C14H10Cl2FNOS/c15-11-5-8(14(18)20)1-2-9(11)7-19-10-3-4-13(17)12(16)6-10/h1-6H,7H2,(H2,18,20). The number of ether oxygens (including phenoxy) is 1. The maximum Gasteiger partial charge on any atom is 0.142 e. The zero-order chi connectivity index (χ0) is 14.7. The Hall–Kier alpha value is -1.36. The summed E-state index contributed by atoms with van der Waals surface area (Å²) in [6.45, 7) is 0.235. The normalized spacial score (nSPS) is 10.3. The second kappa shape index (κ2) is 6.39. The van der Waals surface area contributed by atoms with Crippen molar-refractivity contribution in [1.29, 1.82) is 0 Å². The number of thiocarbonyl (C=S) groups is 1. The van der Waals surface area contributed by atoms with Gasteiger partial charge in [-0.2, -0.15) is 0 Å². The molecule has 2 N–H and O–H groups in total. The molecule has 0 heterocycles. The van der Waals surface area contributed by atoms with Crippen LogP contribution in [0.25, 0.3) is 0 Å². The van der Waals surface area contributed by atoms with Crippen molar-refractivity contribution in [1.82, 2.24) is 0 Å². The van der Waals surface area contributed by atoms with E-state index in [0.717, 1.165) is 5.56 Å². The molecule has 0 spiro atoms. The number of benzene rings is 2. The first-order valence-corrected chi connectivity index (χ1v) is 6.80. The van der Waals surface area contributed by atoms with Gasteiger partial charge in [-0.3, -0.25) is 0 Å². The molecule has 2 aromatic carbocycles. The third kappa shape index (κ3) is 3.60. The summed E-state index contributed by atoms with van der Waals surface area (Å²) in [7, 11) is 0. The van der Waals surface area contributed by atoms with Crippen LogP contribution in [0.3, 0.4) is 0 Å². The number of hydrogen-bond donors (Lipinski definition) is 1. The highest BCUT2D eigenvalue weighted by Gasteiger charge is 2.06. The summed E-state index contributed by atoms with van der Waals surface area (Å²) in [5.41, 5.74) is 6.98. The van der Waals surface area contributed by atoms with Gasteiger partial charge in [-0.25, -0.2) is 4.39 Å². The molecule has 0 atom stereocenters. The summed E-state index contributed by atoms with van der Waals surface area (Å²) in [4.78, 5) is 0.282. The maximum atomic E-state index is 13.0. The van der Waals surface area contributed by atoms with Crippen molar-refractivity contribution in [2.24, 2.45) is 5.73 Å². The smallest absolute Gasteiger partial charge is 0.142 e. The molecule has 0 aliphatic heterocycles. The largest absolute Gasteiger partial charge is 0.489 e. The van der Waals surface area contributed by atoms with E-state index in [4.69, 9.17) is 45.9 Å². The first-order chi connectivity index (χ1) is 9.47. The van der Waals surface area contributed by atoms with E-state index < -0.39 is 5.82 Å². The molecule has 0 saturated carbocycles. The number of halogens is 3. The van der Waals surface area contributed by atoms with Crippen LogP contribution in [0.4, 0.5) is 4.39 Å². The van der Waals surface area contributed by atoms with Crippen LogP contribution < -0.4 is 10.5 Å². The molecule has 104 valence electrons. The van der Waals surface area contributed by atoms with E-state index in [1.165, 1.54) is 18.2 Å². The van der Waals surface area contributed by atoms with Crippen LogP contribution in [0, 0.1) is 5.82 Å². The van der Waals surface area contributed by atoms with E-state index in [-0.39, 0.29) is 16.6 Å². The van der Waals surface area contributed by atoms with E-state index >= 15 is 0 Å². The lowest BCUT2D eigenvalue weighted by molar-refractivity contribution is 0.306. The molecule has 20 heavy (non-hydrogen) atoms. The molecular weight excluding hydrogens is 320 g/mol. The summed E-state index contributed by atoms with van der Waals surface area (Å²) < 4.78 is 18.5. The second-order valence-electron chi connectivity index (χ2n) is 4.04. The summed E-state index contributed by atoms with van der Waals surface area (Å²) >= 11 is 16.7. The topological polar surface area (TPSA) is 35.2 Å². The fourth-order valence-corrected chi connectivity index (χ4v) is 2.08. The van der Waals surface area contributed by atoms with Crippen LogP contribution in [0.15, 0.2) is 36.4 Å². The van der Waals surface area contributed by atoms with Crippen LogP contribution in [0.5, 0.6) is 5.75 Å². The second-order valence-corrected chi connectivity index (χ2v) is 5.29. The van der Waals surface area contributed by atoms with Crippen molar-refractivity contribution < 1.29 is 9.13 Å². The van der Waals surface area contributed by atoms with Gasteiger partial charge in [0.15, 0.2) is 0 Å². The number of rotatable bonds is 4. The van der Waals surface area contributed by atoms with E-state index in [1.54, 1.807) is 18.2 Å². The molecule has 0 aliphatic rings. The molecule has 0 aromatic heterocycles. The Morgan fingerprint density at radius 1 is 1.15 bits per heavy atom. The summed E-state index contributed by atoms with van der Waals surface area (Å²) in [5, 5.41) is 0.515. The third-order valence-corrected chi connectivity index (χ3v) is 3.50. The molecule has 0 bridgehead atoms. The van der Waals surface area contributed by atoms with Crippen molar-refractivity contribution in [2.45, 2.75) is 6.61 Å². The van der Waals surface area contributed by atoms with E-state index in [2.05, 4.69) is 0 Å². The average Bonchev–Trinajstić information content (AvgIpc) is 2.41. The van der Waals surface area contributed by atoms with Crippen LogP contribution in [0.1, 0.15) is 11.1 Å². The molecule has 0 amide bonds. The molecule has 6 heteroatoms. The van der Waals surface area contributed by atoms with Gasteiger partial charge in [-0.1, -0.05) is 47.6 Å². The molecule has 0 fully saturated rings. The van der Waals surface area contributed by atoms with Crippen molar-refractivity contribution in [3.05, 3.63) is 63.4 Å². The van der Waals surface area contributed by atoms with Gasteiger partial charge in [0.05, 0.1) is 5.02 Å². The van der Waals surface area contributed by atoms with Gasteiger partial charge in [0.25, 0.3) is 0 Å². The highest BCUT2D eigenvalue weighted by Crippen LogP contribution is 2.24. The molecular formula is C14H10Cl2FNOS. The van der Waals surface area contributed by atoms with Crippen LogP contribution in [-0.2, 0) is 6.61 Å². The summed E-state index contributed by atoms with van der Waals surface area (Å²) in [6, 6.07) is 9.38. The molecule has 0 radical (unpaired) electrons. The van der Waals surface area contributed by atoms with Crippen molar-refractivity contribution in [3.63, 3.8) is 0 Å². The van der Waals surface area contributed by atoms with Gasteiger partial charge in [0, 0.05) is 22.2 Å².